The number of benzene rings is 1. The van der Waals surface area contributed by atoms with Crippen LogP contribution in [0, 0.1) is 0 Å². The molecule has 0 radical (unpaired) electrons. The number of oxime groups is 1. The average molecular weight is 377 g/mol. The predicted molar refractivity (Wildman–Crippen MR) is 90.3 cm³/mol. The summed E-state index contributed by atoms with van der Waals surface area (Å²) in [6.45, 7) is 0. The van der Waals surface area contributed by atoms with Crippen LogP contribution < -0.4 is 15.7 Å². The third-order valence-electron chi connectivity index (χ3n) is 3.63. The van der Waals surface area contributed by atoms with Gasteiger partial charge in [-0.05, 0) is 18.1 Å². The molecule has 1 atom stereocenters. The molecular formula is C13H12BN5O6S. The van der Waals surface area contributed by atoms with Crippen molar-refractivity contribution in [2.24, 2.45) is 5.16 Å². The Labute approximate surface area is 150 Å². The van der Waals surface area contributed by atoms with E-state index in [2.05, 4.69) is 19.8 Å². The Morgan fingerprint density at radius 3 is 2.85 bits per heavy atom. The van der Waals surface area contributed by atoms with E-state index in [0.29, 0.717) is 5.56 Å². The van der Waals surface area contributed by atoms with Gasteiger partial charge in [-0.25, -0.2) is 4.79 Å². The van der Waals surface area contributed by atoms with E-state index in [9.17, 15) is 19.7 Å². The van der Waals surface area contributed by atoms with Gasteiger partial charge < -0.3 is 31.0 Å². The molecule has 2 heterocycles. The van der Waals surface area contributed by atoms with Gasteiger partial charge in [0.1, 0.15) is 5.75 Å². The number of nitrogens with two attached hydrogens (primary N) is 1. The number of para-hydroxylation sites is 1. The lowest BCUT2D eigenvalue weighted by Gasteiger charge is -2.28. The quantitative estimate of drug-likeness (QED) is 0.196. The normalized spacial score (nSPS) is 16.6. The minimum absolute atomic E-state index is 0.0444. The van der Waals surface area contributed by atoms with E-state index in [1.165, 1.54) is 12.1 Å². The maximum atomic E-state index is 12.3. The van der Waals surface area contributed by atoms with Crippen LogP contribution >= 0.6 is 11.5 Å². The Morgan fingerprint density at radius 2 is 2.23 bits per heavy atom. The van der Waals surface area contributed by atoms with Crippen molar-refractivity contribution < 1.29 is 29.6 Å². The Balaban J connectivity index is 1.80. The van der Waals surface area contributed by atoms with Gasteiger partial charge in [0, 0.05) is 11.5 Å². The van der Waals surface area contributed by atoms with E-state index in [4.69, 9.17) is 15.6 Å². The molecule has 1 aliphatic heterocycles. The molecule has 26 heavy (non-hydrogen) atoms. The van der Waals surface area contributed by atoms with Crippen LogP contribution in [0.25, 0.3) is 0 Å². The van der Waals surface area contributed by atoms with Gasteiger partial charge in [0.2, 0.25) is 11.5 Å². The van der Waals surface area contributed by atoms with Crippen LogP contribution in [-0.4, -0.2) is 55.3 Å². The first kappa shape index (κ1) is 17.6. The Kier molecular flexibility index (Phi) is 4.73. The Bertz CT molecular complexity index is 903. The molecule has 0 saturated heterocycles. The fraction of sp³-hybridized carbons (Fsp3) is 0.154. The first-order valence-corrected chi connectivity index (χ1v) is 8.00. The van der Waals surface area contributed by atoms with Gasteiger partial charge >= 0.3 is 13.1 Å². The van der Waals surface area contributed by atoms with Crippen molar-refractivity contribution in [2.45, 2.75) is 12.4 Å². The number of fused-ring (bicyclic) bond motifs is 1. The zero-order valence-electron chi connectivity index (χ0n) is 13.0. The highest BCUT2D eigenvalue weighted by atomic mass is 32.1. The highest BCUT2D eigenvalue weighted by Gasteiger charge is 2.38. The van der Waals surface area contributed by atoms with Crippen molar-refractivity contribution in [2.75, 3.05) is 5.73 Å². The molecule has 11 nitrogen and oxygen atoms in total. The molecule has 0 fully saturated rings. The highest BCUT2D eigenvalue weighted by Crippen LogP contribution is 2.30. The van der Waals surface area contributed by atoms with E-state index >= 15 is 0 Å². The number of carboxylic acid groups (broad SMARTS) is 1. The number of nitrogens with zero attached hydrogens (tertiary/aromatic N) is 3. The summed E-state index contributed by atoms with van der Waals surface area (Å²) in [5.74, 6) is -3.07. The van der Waals surface area contributed by atoms with Crippen LogP contribution in [0.1, 0.15) is 21.7 Å². The number of rotatable bonds is 4. The zero-order valence-corrected chi connectivity index (χ0v) is 13.8. The average Bonchev–Trinajstić information content (AvgIpc) is 3.01. The summed E-state index contributed by atoms with van der Waals surface area (Å²) in [6.07, 6.45) is 0.106. The molecule has 1 amide bonds. The summed E-state index contributed by atoms with van der Waals surface area (Å²) in [5.41, 5.74) is 5.37. The number of anilines is 1. The minimum atomic E-state index is -1.50. The summed E-state index contributed by atoms with van der Waals surface area (Å²) in [4.78, 5) is 27.3. The molecule has 6 N–H and O–H groups in total. The van der Waals surface area contributed by atoms with Gasteiger partial charge in [-0.3, -0.25) is 4.79 Å². The third kappa shape index (κ3) is 3.29. The predicted octanol–water partition coefficient (Wildman–Crippen LogP) is -0.864. The molecule has 134 valence electrons. The fourth-order valence-electron chi connectivity index (χ4n) is 2.48. The monoisotopic (exact) mass is 377 g/mol. The molecule has 13 heteroatoms. The topological polar surface area (TPSA) is 180 Å². The van der Waals surface area contributed by atoms with E-state index in [1.54, 1.807) is 6.07 Å². The fourth-order valence-corrected chi connectivity index (χ4v) is 2.91. The number of aromatic nitrogens is 2. The number of nitrogen functional groups attached to an aromatic ring is 1. The molecule has 1 aromatic carbocycles. The second-order valence-corrected chi connectivity index (χ2v) is 6.08. The maximum absolute atomic E-state index is 12.3. The van der Waals surface area contributed by atoms with Gasteiger partial charge in [0.05, 0.1) is 11.5 Å². The molecule has 0 spiro atoms. The van der Waals surface area contributed by atoms with Crippen molar-refractivity contribution in [3.63, 3.8) is 0 Å². The van der Waals surface area contributed by atoms with Gasteiger partial charge in [0.25, 0.3) is 5.91 Å². The van der Waals surface area contributed by atoms with E-state index < -0.39 is 30.6 Å². The van der Waals surface area contributed by atoms with Crippen molar-refractivity contribution in [3.8, 4) is 5.75 Å². The highest BCUT2D eigenvalue weighted by molar-refractivity contribution is 7.09. The van der Waals surface area contributed by atoms with Gasteiger partial charge in [-0.15, -0.1) is 0 Å². The molecule has 1 aromatic heterocycles. The standard InChI is InChI=1S/C13H12BN5O6S/c15-13-17-10(19-26-13)8(18-24)11(20)16-7-4-5-2-1-3-6(12(21)22)9(5)25-14(7)23/h1-3,7,23-24H,4H2,(H,16,20)(H,21,22)(H2,15,17,19)/b18-8-/t7-/m1/s1. The molecule has 0 unspecified atom stereocenters. The summed E-state index contributed by atoms with van der Waals surface area (Å²) >= 11 is 0.822. The number of aromatic carboxylic acids is 1. The number of hydrogen-bond donors (Lipinski definition) is 5. The zero-order chi connectivity index (χ0) is 18.8. The van der Waals surface area contributed by atoms with Crippen LogP contribution in [0.4, 0.5) is 5.13 Å². The first-order chi connectivity index (χ1) is 12.4. The van der Waals surface area contributed by atoms with Crippen LogP contribution in [0.15, 0.2) is 23.4 Å². The molecule has 2 aromatic rings. The second kappa shape index (κ2) is 6.97. The summed E-state index contributed by atoms with van der Waals surface area (Å²) < 4.78 is 9.05. The lowest BCUT2D eigenvalue weighted by atomic mass is 9.72. The van der Waals surface area contributed by atoms with Gasteiger partial charge in [-0.1, -0.05) is 17.3 Å². The smallest absolute Gasteiger partial charge is 0.534 e. The lowest BCUT2D eigenvalue weighted by Crippen LogP contribution is -2.54. The first-order valence-electron chi connectivity index (χ1n) is 7.23. The number of carbonyl (C=O) groups excluding carboxylic acids is 1. The summed E-state index contributed by atoms with van der Waals surface area (Å²) in [6, 6.07) is 4.50. The Morgan fingerprint density at radius 1 is 1.46 bits per heavy atom. The number of amides is 1. The van der Waals surface area contributed by atoms with Crippen molar-refractivity contribution in [1.29, 1.82) is 0 Å². The van der Waals surface area contributed by atoms with Crippen LogP contribution in [0.5, 0.6) is 5.75 Å². The molecule has 0 aliphatic carbocycles. The maximum Gasteiger partial charge on any atom is 0.547 e. The van der Waals surface area contributed by atoms with Crippen molar-refractivity contribution in [3.05, 3.63) is 35.2 Å². The van der Waals surface area contributed by atoms with E-state index in [0.717, 1.165) is 11.5 Å². The minimum Gasteiger partial charge on any atom is -0.534 e. The Hall–Kier alpha value is -3.19. The molecule has 0 saturated carbocycles. The summed E-state index contributed by atoms with van der Waals surface area (Å²) in [5, 5.41) is 33.8. The molecular weight excluding hydrogens is 365 g/mol. The van der Waals surface area contributed by atoms with Crippen LogP contribution in [0.3, 0.4) is 0 Å². The number of carboxylic acids is 1. The van der Waals surface area contributed by atoms with Crippen molar-refractivity contribution in [1.82, 2.24) is 14.7 Å². The largest absolute Gasteiger partial charge is 0.547 e. The molecule has 1 aliphatic rings. The SMILES string of the molecule is Nc1nc(/C(=N/O)C(=O)N[C@@H]2Cc3cccc(C(=O)O)c3OB2O)ns1. The van der Waals surface area contributed by atoms with Crippen LogP contribution in [-0.2, 0) is 11.2 Å². The number of nitrogens with one attached hydrogen (secondary N) is 1. The third-order valence-corrected chi connectivity index (χ3v) is 4.18. The van der Waals surface area contributed by atoms with Gasteiger partial charge in [-0.2, -0.15) is 9.36 Å². The van der Waals surface area contributed by atoms with E-state index in [-0.39, 0.29) is 28.7 Å². The van der Waals surface area contributed by atoms with Gasteiger partial charge in [0.15, 0.2) is 5.13 Å². The number of carbonyl (C=O) groups is 2. The summed E-state index contributed by atoms with van der Waals surface area (Å²) in [7, 11) is -1.50. The molecule has 3 rings (SSSR count). The number of hydrogen-bond acceptors (Lipinski definition) is 10. The lowest BCUT2D eigenvalue weighted by molar-refractivity contribution is -0.115. The van der Waals surface area contributed by atoms with Crippen LogP contribution in [0.2, 0.25) is 0 Å². The van der Waals surface area contributed by atoms with E-state index in [1.807, 2.05) is 0 Å². The second-order valence-electron chi connectivity index (χ2n) is 5.30. The molecule has 0 bridgehead atoms. The van der Waals surface area contributed by atoms with Crippen molar-refractivity contribution >= 4 is 41.4 Å².